The van der Waals surface area contributed by atoms with Crippen molar-refractivity contribution in [2.45, 2.75) is 12.5 Å². The minimum Gasteiger partial charge on any atom is -0.344 e. The van der Waals surface area contributed by atoms with Crippen molar-refractivity contribution < 1.29 is 14.0 Å². The maximum Gasteiger partial charge on any atom is 0.227 e. The van der Waals surface area contributed by atoms with Crippen molar-refractivity contribution in [1.29, 1.82) is 0 Å². The first-order valence-electron chi connectivity index (χ1n) is 9.06. The van der Waals surface area contributed by atoms with Gasteiger partial charge in [-0.25, -0.2) is 4.39 Å². The summed E-state index contributed by atoms with van der Waals surface area (Å²) in [6.07, 6.45) is 0.182. The molecule has 2 atom stereocenters. The van der Waals surface area contributed by atoms with E-state index in [-0.39, 0.29) is 30.1 Å². The van der Waals surface area contributed by atoms with E-state index in [4.69, 9.17) is 0 Å². The van der Waals surface area contributed by atoms with Crippen molar-refractivity contribution in [2.75, 3.05) is 11.4 Å². The zero-order valence-electron chi connectivity index (χ0n) is 15.0. The Morgan fingerprint density at radius 1 is 1.07 bits per heavy atom. The molecule has 142 valence electrons. The lowest BCUT2D eigenvalue weighted by Crippen LogP contribution is -2.35. The average molecular weight is 394 g/mol. The number of nitrogens with one attached hydrogen (secondary N) is 1. The number of halogens is 1. The molecule has 1 aliphatic heterocycles. The Hall–Kier alpha value is -2.99. The quantitative estimate of drug-likeness (QED) is 0.707. The molecule has 1 aromatic heterocycles. The second-order valence-corrected chi connectivity index (χ2v) is 7.73. The fraction of sp³-hybridized carbons (Fsp3) is 0.182. The van der Waals surface area contributed by atoms with Gasteiger partial charge in [0.25, 0.3) is 0 Å². The monoisotopic (exact) mass is 394 g/mol. The highest BCUT2D eigenvalue weighted by molar-refractivity contribution is 7.10. The molecule has 2 unspecified atom stereocenters. The van der Waals surface area contributed by atoms with E-state index in [9.17, 15) is 14.0 Å². The van der Waals surface area contributed by atoms with E-state index < -0.39 is 5.92 Å². The number of nitrogens with zero attached hydrogens (tertiary/aromatic N) is 1. The maximum atomic E-state index is 13.3. The molecule has 2 aromatic carbocycles. The Kier molecular flexibility index (Phi) is 5.21. The van der Waals surface area contributed by atoms with Gasteiger partial charge in [-0.2, -0.15) is 0 Å². The zero-order valence-corrected chi connectivity index (χ0v) is 15.9. The van der Waals surface area contributed by atoms with Crippen molar-refractivity contribution in [2.24, 2.45) is 5.92 Å². The van der Waals surface area contributed by atoms with Crippen molar-refractivity contribution in [3.8, 4) is 0 Å². The summed E-state index contributed by atoms with van der Waals surface area (Å²) in [5.41, 5.74) is 1.61. The van der Waals surface area contributed by atoms with Gasteiger partial charge in [0.1, 0.15) is 5.82 Å². The van der Waals surface area contributed by atoms with Crippen LogP contribution in [0.15, 0.2) is 72.1 Å². The first-order valence-corrected chi connectivity index (χ1v) is 9.94. The van der Waals surface area contributed by atoms with Gasteiger partial charge in [0.15, 0.2) is 0 Å². The smallest absolute Gasteiger partial charge is 0.227 e. The Morgan fingerprint density at radius 2 is 1.82 bits per heavy atom. The summed E-state index contributed by atoms with van der Waals surface area (Å²) in [7, 11) is 0. The Bertz CT molecular complexity index is 958. The third-order valence-corrected chi connectivity index (χ3v) is 5.82. The highest BCUT2D eigenvalue weighted by Crippen LogP contribution is 2.29. The predicted octanol–water partition coefficient (Wildman–Crippen LogP) is 4.15. The number of carbonyl (C=O) groups is 2. The van der Waals surface area contributed by atoms with Crippen molar-refractivity contribution in [3.63, 3.8) is 0 Å². The van der Waals surface area contributed by atoms with Gasteiger partial charge in [0.05, 0.1) is 12.0 Å². The van der Waals surface area contributed by atoms with Gasteiger partial charge in [0, 0.05) is 23.5 Å². The van der Waals surface area contributed by atoms with Gasteiger partial charge >= 0.3 is 0 Å². The number of para-hydroxylation sites is 1. The van der Waals surface area contributed by atoms with Crippen LogP contribution >= 0.6 is 11.3 Å². The molecular weight excluding hydrogens is 375 g/mol. The number of benzene rings is 2. The van der Waals surface area contributed by atoms with Crippen molar-refractivity contribution in [1.82, 2.24) is 5.32 Å². The second-order valence-electron chi connectivity index (χ2n) is 6.75. The third kappa shape index (κ3) is 3.82. The molecule has 2 amide bonds. The van der Waals surface area contributed by atoms with E-state index in [0.717, 1.165) is 16.1 Å². The average Bonchev–Trinajstić information content (AvgIpc) is 3.37. The summed E-state index contributed by atoms with van der Waals surface area (Å²) in [6, 6.07) is 19.0. The third-order valence-electron chi connectivity index (χ3n) is 4.88. The van der Waals surface area contributed by atoms with Crippen LogP contribution in [0, 0.1) is 11.7 Å². The standard InChI is InChI=1S/C22H19FN2O2S/c23-17-10-8-15(9-11-17)21(19-7-4-12-28-19)24-22(27)16-13-20(26)25(14-16)18-5-2-1-3-6-18/h1-12,16,21H,13-14H2,(H,24,27). The van der Waals surface area contributed by atoms with Crippen molar-refractivity contribution in [3.05, 3.63) is 88.4 Å². The molecule has 0 radical (unpaired) electrons. The molecule has 1 aliphatic rings. The molecule has 4 nitrogen and oxygen atoms in total. The molecule has 3 aromatic rings. The van der Waals surface area contributed by atoms with Crippen LogP contribution in [0.3, 0.4) is 0 Å². The van der Waals surface area contributed by atoms with Crippen LogP contribution in [0.1, 0.15) is 22.9 Å². The molecule has 0 bridgehead atoms. The SMILES string of the molecule is O=C(NC(c1ccc(F)cc1)c1cccs1)C1CC(=O)N(c2ccccc2)C1. The molecule has 0 saturated carbocycles. The van der Waals surface area contributed by atoms with Crippen LogP contribution in [-0.4, -0.2) is 18.4 Å². The lowest BCUT2D eigenvalue weighted by atomic mass is 10.0. The summed E-state index contributed by atoms with van der Waals surface area (Å²) >= 11 is 1.53. The summed E-state index contributed by atoms with van der Waals surface area (Å²) in [5, 5.41) is 5.00. The molecule has 0 aliphatic carbocycles. The number of carbonyl (C=O) groups excluding carboxylic acids is 2. The first-order chi connectivity index (χ1) is 13.6. The highest BCUT2D eigenvalue weighted by atomic mass is 32.1. The van der Waals surface area contributed by atoms with Crippen LogP contribution in [0.4, 0.5) is 10.1 Å². The van der Waals surface area contributed by atoms with E-state index >= 15 is 0 Å². The van der Waals surface area contributed by atoms with Gasteiger partial charge in [-0.05, 0) is 41.3 Å². The van der Waals surface area contributed by atoms with E-state index in [1.54, 1.807) is 17.0 Å². The number of hydrogen-bond acceptors (Lipinski definition) is 3. The minimum absolute atomic E-state index is 0.0548. The number of amides is 2. The molecule has 1 N–H and O–H groups in total. The Balaban J connectivity index is 1.52. The Labute approximate surface area is 166 Å². The van der Waals surface area contributed by atoms with Gasteiger partial charge in [0.2, 0.25) is 11.8 Å². The summed E-state index contributed by atoms with van der Waals surface area (Å²) in [5.74, 6) is -0.967. The van der Waals surface area contributed by atoms with E-state index in [1.165, 1.54) is 23.5 Å². The minimum atomic E-state index is -0.421. The molecule has 6 heteroatoms. The summed E-state index contributed by atoms with van der Waals surface area (Å²) in [6.45, 7) is 0.356. The van der Waals surface area contributed by atoms with Gasteiger partial charge in [-0.1, -0.05) is 36.4 Å². The maximum absolute atomic E-state index is 13.3. The normalized spacial score (nSPS) is 17.5. The van der Waals surface area contributed by atoms with Gasteiger partial charge in [-0.3, -0.25) is 9.59 Å². The van der Waals surface area contributed by atoms with E-state index in [0.29, 0.717) is 6.54 Å². The lowest BCUT2D eigenvalue weighted by molar-refractivity contribution is -0.126. The van der Waals surface area contributed by atoms with Crippen LogP contribution in [-0.2, 0) is 9.59 Å². The van der Waals surface area contributed by atoms with Crippen LogP contribution < -0.4 is 10.2 Å². The largest absolute Gasteiger partial charge is 0.344 e. The molecular formula is C22H19FN2O2S. The van der Waals surface area contributed by atoms with Crippen LogP contribution in [0.2, 0.25) is 0 Å². The molecule has 1 saturated heterocycles. The Morgan fingerprint density at radius 3 is 2.50 bits per heavy atom. The zero-order chi connectivity index (χ0) is 19.5. The second kappa shape index (κ2) is 7.94. The number of thiophene rings is 1. The van der Waals surface area contributed by atoms with E-state index in [2.05, 4.69) is 5.32 Å². The fourth-order valence-corrected chi connectivity index (χ4v) is 4.23. The molecule has 2 heterocycles. The summed E-state index contributed by atoms with van der Waals surface area (Å²) < 4.78 is 13.3. The highest BCUT2D eigenvalue weighted by Gasteiger charge is 2.36. The predicted molar refractivity (Wildman–Crippen MR) is 108 cm³/mol. The fourth-order valence-electron chi connectivity index (χ4n) is 3.43. The first kappa shape index (κ1) is 18.4. The van der Waals surface area contributed by atoms with Crippen LogP contribution in [0.5, 0.6) is 0 Å². The molecule has 4 rings (SSSR count). The molecule has 1 fully saturated rings. The summed E-state index contributed by atoms with van der Waals surface area (Å²) in [4.78, 5) is 28.0. The van der Waals surface area contributed by atoms with Gasteiger partial charge in [-0.15, -0.1) is 11.3 Å². The number of hydrogen-bond donors (Lipinski definition) is 1. The lowest BCUT2D eigenvalue weighted by Gasteiger charge is -2.21. The number of anilines is 1. The van der Waals surface area contributed by atoms with Gasteiger partial charge < -0.3 is 10.2 Å². The molecule has 28 heavy (non-hydrogen) atoms. The van der Waals surface area contributed by atoms with E-state index in [1.807, 2.05) is 47.8 Å². The van der Waals surface area contributed by atoms with Crippen molar-refractivity contribution >= 4 is 28.8 Å². The van der Waals surface area contributed by atoms with Crippen LogP contribution in [0.25, 0.3) is 0 Å². The number of rotatable bonds is 5. The molecule has 0 spiro atoms. The topological polar surface area (TPSA) is 49.4 Å².